The highest BCUT2D eigenvalue weighted by atomic mass is 35.5. The van der Waals surface area contributed by atoms with E-state index in [0.29, 0.717) is 11.5 Å². The number of rotatable bonds is 11. The first-order valence-corrected chi connectivity index (χ1v) is 13.7. The van der Waals surface area contributed by atoms with Crippen LogP contribution in [0.25, 0.3) is 5.69 Å². The molecule has 5 aromatic rings. The Bertz CT molecular complexity index is 1830. The van der Waals surface area contributed by atoms with Gasteiger partial charge in [0.15, 0.2) is 5.76 Å². The van der Waals surface area contributed by atoms with Crippen LogP contribution >= 0.6 is 11.6 Å². The van der Waals surface area contributed by atoms with Gasteiger partial charge in [-0.2, -0.15) is 5.10 Å². The monoisotopic (exact) mass is 616 g/mol. The van der Waals surface area contributed by atoms with E-state index in [4.69, 9.17) is 25.5 Å². The molecule has 3 aromatic carbocycles. The number of nitro groups is 1. The van der Waals surface area contributed by atoms with Gasteiger partial charge < -0.3 is 18.5 Å². The molecule has 0 saturated carbocycles. The van der Waals surface area contributed by atoms with Crippen molar-refractivity contribution in [2.24, 2.45) is 5.10 Å². The van der Waals surface area contributed by atoms with E-state index in [1.165, 1.54) is 30.3 Å². The molecule has 1 N–H and O–H groups in total. The zero-order valence-electron chi connectivity index (χ0n) is 23.6. The molecular weight excluding hydrogens is 591 g/mol. The minimum absolute atomic E-state index is 0.0252. The summed E-state index contributed by atoms with van der Waals surface area (Å²) in [5, 5.41) is 15.6. The molecule has 2 heterocycles. The van der Waals surface area contributed by atoms with Crippen molar-refractivity contribution in [3.8, 4) is 17.2 Å². The molecule has 0 saturated heterocycles. The van der Waals surface area contributed by atoms with Crippen LogP contribution in [0.1, 0.15) is 38.8 Å². The highest BCUT2D eigenvalue weighted by Gasteiger charge is 2.21. The molecule has 0 aliphatic rings. The fraction of sp³-hybridized carbons (Fsp3) is 0.125. The number of ether oxygens (including phenoxy) is 2. The van der Waals surface area contributed by atoms with Gasteiger partial charge in [-0.05, 0) is 74.5 Å². The standard InChI is InChI=1S/C32H26ClFN4O6/c1-20-7-8-21(2)37(20)25-9-11-26(12-10-25)42-19-27-13-14-30(44-27)32(39)36-35-17-23-15-24(33)16-29(38(40)41)31(23)43-18-22-5-3-4-6-28(22)34/h3-17H,18-19H2,1-2H3,(H,36,39)/b35-17+. The lowest BCUT2D eigenvalue weighted by molar-refractivity contribution is -0.385. The summed E-state index contributed by atoms with van der Waals surface area (Å²) in [5.41, 5.74) is 5.44. The lowest BCUT2D eigenvalue weighted by atomic mass is 10.1. The number of aryl methyl sites for hydroxylation is 2. The van der Waals surface area contributed by atoms with Crippen molar-refractivity contribution in [1.29, 1.82) is 0 Å². The van der Waals surface area contributed by atoms with E-state index in [9.17, 15) is 19.3 Å². The number of hydrogen-bond donors (Lipinski definition) is 1. The molecule has 0 fully saturated rings. The summed E-state index contributed by atoms with van der Waals surface area (Å²) >= 11 is 6.07. The van der Waals surface area contributed by atoms with Crippen LogP contribution in [0, 0.1) is 29.8 Å². The quantitative estimate of drug-likeness (QED) is 0.0943. The first-order valence-electron chi connectivity index (χ1n) is 13.3. The summed E-state index contributed by atoms with van der Waals surface area (Å²) in [6.07, 6.45) is 1.14. The summed E-state index contributed by atoms with van der Waals surface area (Å²) in [5.74, 6) is -0.362. The maximum Gasteiger partial charge on any atom is 0.313 e. The molecule has 224 valence electrons. The van der Waals surface area contributed by atoms with E-state index in [-0.39, 0.29) is 40.9 Å². The SMILES string of the molecule is Cc1ccc(C)n1-c1ccc(OCc2ccc(C(=O)N/N=C/c3cc(Cl)cc([N+](=O)[O-])c3OCc3ccccc3F)o2)cc1. The van der Waals surface area contributed by atoms with Gasteiger partial charge in [0.05, 0.1) is 11.1 Å². The third kappa shape index (κ3) is 6.96. The molecule has 2 aromatic heterocycles. The maximum absolute atomic E-state index is 14.1. The molecule has 0 aliphatic heterocycles. The Kier molecular flexibility index (Phi) is 9.06. The lowest BCUT2D eigenvalue weighted by Gasteiger charge is -2.11. The molecule has 10 nitrogen and oxygen atoms in total. The van der Waals surface area contributed by atoms with Crippen molar-refractivity contribution in [3.63, 3.8) is 0 Å². The van der Waals surface area contributed by atoms with Gasteiger partial charge in [-0.25, -0.2) is 9.82 Å². The number of hydrogen-bond acceptors (Lipinski definition) is 7. The summed E-state index contributed by atoms with van der Waals surface area (Å²) in [6.45, 7) is 3.89. The molecule has 5 rings (SSSR count). The minimum atomic E-state index is -0.677. The van der Waals surface area contributed by atoms with E-state index in [1.807, 2.05) is 38.1 Å². The molecular formula is C32H26ClFN4O6. The molecule has 0 spiro atoms. The van der Waals surface area contributed by atoms with Crippen molar-refractivity contribution < 1.29 is 28.0 Å². The number of nitro benzene ring substituents is 1. The second-order valence-electron chi connectivity index (χ2n) is 9.68. The fourth-order valence-corrected chi connectivity index (χ4v) is 4.69. The van der Waals surface area contributed by atoms with Gasteiger partial charge in [0, 0.05) is 39.3 Å². The number of hydrazone groups is 1. The van der Waals surface area contributed by atoms with Gasteiger partial charge in [0.1, 0.15) is 30.5 Å². The predicted octanol–water partition coefficient (Wildman–Crippen LogP) is 7.31. The van der Waals surface area contributed by atoms with Crippen molar-refractivity contribution in [3.05, 3.63) is 140 Å². The van der Waals surface area contributed by atoms with Gasteiger partial charge in [0.25, 0.3) is 0 Å². The first-order chi connectivity index (χ1) is 21.2. The van der Waals surface area contributed by atoms with Gasteiger partial charge in [-0.3, -0.25) is 14.9 Å². The summed E-state index contributed by atoms with van der Waals surface area (Å²) in [6, 6.07) is 23.2. The van der Waals surface area contributed by atoms with Crippen molar-refractivity contribution in [2.45, 2.75) is 27.1 Å². The number of amides is 1. The van der Waals surface area contributed by atoms with Crippen LogP contribution in [0.5, 0.6) is 11.5 Å². The number of carbonyl (C=O) groups is 1. The number of furan rings is 1. The molecule has 0 radical (unpaired) electrons. The number of benzene rings is 3. The van der Waals surface area contributed by atoms with Gasteiger partial charge in [-0.15, -0.1) is 0 Å². The Labute approximate surface area is 256 Å². The van der Waals surface area contributed by atoms with E-state index in [2.05, 4.69) is 27.2 Å². The maximum atomic E-state index is 14.1. The van der Waals surface area contributed by atoms with Crippen LogP contribution in [0.2, 0.25) is 5.02 Å². The predicted molar refractivity (Wildman–Crippen MR) is 162 cm³/mol. The number of carbonyl (C=O) groups excluding carboxylic acids is 1. The van der Waals surface area contributed by atoms with Gasteiger partial charge in [0.2, 0.25) is 5.75 Å². The van der Waals surface area contributed by atoms with Crippen molar-refractivity contribution >= 4 is 29.4 Å². The second kappa shape index (κ2) is 13.3. The van der Waals surface area contributed by atoms with Crippen LogP contribution in [-0.4, -0.2) is 21.6 Å². The zero-order chi connectivity index (χ0) is 31.2. The Balaban J connectivity index is 1.22. The highest BCUT2D eigenvalue weighted by molar-refractivity contribution is 6.31. The zero-order valence-corrected chi connectivity index (χ0v) is 24.4. The molecule has 1 amide bonds. The molecule has 0 atom stereocenters. The largest absolute Gasteiger partial charge is 0.486 e. The number of aromatic nitrogens is 1. The average molecular weight is 617 g/mol. The number of nitrogens with zero attached hydrogens (tertiary/aromatic N) is 3. The number of halogens is 2. The second-order valence-corrected chi connectivity index (χ2v) is 10.1. The Morgan fingerprint density at radius 3 is 2.45 bits per heavy atom. The summed E-state index contributed by atoms with van der Waals surface area (Å²) in [7, 11) is 0. The van der Waals surface area contributed by atoms with Gasteiger partial charge in [-0.1, -0.05) is 29.8 Å². The summed E-state index contributed by atoms with van der Waals surface area (Å²) in [4.78, 5) is 23.6. The van der Waals surface area contributed by atoms with Crippen LogP contribution in [0.3, 0.4) is 0 Å². The Morgan fingerprint density at radius 1 is 1.02 bits per heavy atom. The van der Waals surface area contributed by atoms with E-state index in [0.717, 1.165) is 29.4 Å². The lowest BCUT2D eigenvalue weighted by Crippen LogP contribution is -2.17. The van der Waals surface area contributed by atoms with Crippen molar-refractivity contribution in [2.75, 3.05) is 0 Å². The fourth-order valence-electron chi connectivity index (χ4n) is 4.47. The number of nitrogens with one attached hydrogen (secondary N) is 1. The normalized spacial score (nSPS) is 11.1. The van der Waals surface area contributed by atoms with E-state index in [1.54, 1.807) is 12.1 Å². The molecule has 0 aliphatic carbocycles. The summed E-state index contributed by atoms with van der Waals surface area (Å²) < 4.78 is 33.2. The van der Waals surface area contributed by atoms with Crippen LogP contribution in [0.15, 0.2) is 94.4 Å². The smallest absolute Gasteiger partial charge is 0.313 e. The topological polar surface area (TPSA) is 121 Å². The Hall–Kier alpha value is -5.42. The van der Waals surface area contributed by atoms with Crippen LogP contribution in [-0.2, 0) is 13.2 Å². The third-order valence-electron chi connectivity index (χ3n) is 6.59. The van der Waals surface area contributed by atoms with Gasteiger partial charge >= 0.3 is 11.6 Å². The average Bonchev–Trinajstić information content (AvgIpc) is 3.62. The molecule has 12 heteroatoms. The molecule has 44 heavy (non-hydrogen) atoms. The Morgan fingerprint density at radius 2 is 1.75 bits per heavy atom. The third-order valence-corrected chi connectivity index (χ3v) is 6.81. The van der Waals surface area contributed by atoms with E-state index >= 15 is 0 Å². The molecule has 0 bridgehead atoms. The van der Waals surface area contributed by atoms with Crippen LogP contribution < -0.4 is 14.9 Å². The van der Waals surface area contributed by atoms with Crippen molar-refractivity contribution in [1.82, 2.24) is 9.99 Å². The molecule has 0 unspecified atom stereocenters. The minimum Gasteiger partial charge on any atom is -0.486 e. The van der Waals surface area contributed by atoms with E-state index < -0.39 is 22.3 Å². The highest BCUT2D eigenvalue weighted by Crippen LogP contribution is 2.34. The first kappa shape index (κ1) is 30.1. The van der Waals surface area contributed by atoms with Crippen LogP contribution in [0.4, 0.5) is 10.1 Å².